The number of carboxylic acid groups (broad SMARTS) is 1. The van der Waals surface area contributed by atoms with Crippen molar-refractivity contribution >= 4 is 17.8 Å². The third-order valence-electron chi connectivity index (χ3n) is 2.59. The van der Waals surface area contributed by atoms with Gasteiger partial charge in [-0.05, 0) is 17.7 Å². The second-order valence-electron chi connectivity index (χ2n) is 3.87. The van der Waals surface area contributed by atoms with Crippen molar-refractivity contribution in [3.63, 3.8) is 0 Å². The fourth-order valence-corrected chi connectivity index (χ4v) is 1.63. The first kappa shape index (κ1) is 12.3. The van der Waals surface area contributed by atoms with Crippen LogP contribution in [0.25, 0.3) is 0 Å². The molecule has 0 aliphatic carbocycles. The average Bonchev–Trinajstić information content (AvgIpc) is 2.34. The molecule has 6 nitrogen and oxygen atoms in total. The fourth-order valence-electron chi connectivity index (χ4n) is 1.63. The molecule has 18 heavy (non-hydrogen) atoms. The number of hydrogen-bond acceptors (Lipinski definition) is 4. The van der Waals surface area contributed by atoms with Crippen LogP contribution in [0.2, 0.25) is 0 Å². The Morgan fingerprint density at radius 3 is 2.22 bits per heavy atom. The molecule has 0 radical (unpaired) electrons. The highest BCUT2D eigenvalue weighted by Gasteiger charge is 2.26. The molecule has 6 heteroatoms. The van der Waals surface area contributed by atoms with E-state index in [1.165, 1.54) is 12.1 Å². The predicted molar refractivity (Wildman–Crippen MR) is 59.8 cm³/mol. The smallest absolute Gasteiger partial charge is 0.335 e. The zero-order chi connectivity index (χ0) is 13.1. The summed E-state index contributed by atoms with van der Waals surface area (Å²) in [6.45, 7) is -0.0567. The van der Waals surface area contributed by atoms with Crippen LogP contribution in [0, 0.1) is 0 Å². The summed E-state index contributed by atoms with van der Waals surface area (Å²) in [5, 5.41) is 8.75. The number of aromatic carboxylic acids is 1. The van der Waals surface area contributed by atoms with Gasteiger partial charge in [0.05, 0.1) is 12.1 Å². The molecule has 2 rings (SSSR count). The number of imide groups is 1. The standard InChI is InChI=1S/C12H11NO5/c14-10-6-18-7-11(15)13(10)5-8-1-3-9(4-2-8)12(16)17/h1-4H,5-7H2,(H,16,17). The lowest BCUT2D eigenvalue weighted by atomic mass is 10.1. The van der Waals surface area contributed by atoms with Crippen molar-refractivity contribution < 1.29 is 24.2 Å². The zero-order valence-electron chi connectivity index (χ0n) is 9.46. The van der Waals surface area contributed by atoms with Gasteiger partial charge in [-0.3, -0.25) is 14.5 Å². The summed E-state index contributed by atoms with van der Waals surface area (Å²) in [6, 6.07) is 6.04. The molecule has 1 fully saturated rings. The Balaban J connectivity index is 2.11. The van der Waals surface area contributed by atoms with Gasteiger partial charge in [0.1, 0.15) is 13.2 Å². The number of carbonyl (C=O) groups is 3. The summed E-state index contributed by atoms with van der Waals surface area (Å²) >= 11 is 0. The van der Waals surface area contributed by atoms with E-state index in [2.05, 4.69) is 0 Å². The van der Waals surface area contributed by atoms with Gasteiger partial charge < -0.3 is 9.84 Å². The minimum absolute atomic E-state index is 0.0983. The molecule has 1 N–H and O–H groups in total. The van der Waals surface area contributed by atoms with E-state index >= 15 is 0 Å². The first-order valence-corrected chi connectivity index (χ1v) is 5.31. The van der Waals surface area contributed by atoms with Crippen molar-refractivity contribution in [2.24, 2.45) is 0 Å². The molecule has 1 saturated heterocycles. The van der Waals surface area contributed by atoms with E-state index in [0.717, 1.165) is 4.90 Å². The molecule has 0 bridgehead atoms. The van der Waals surface area contributed by atoms with Crippen LogP contribution in [0.4, 0.5) is 0 Å². The molecule has 1 heterocycles. The van der Waals surface area contributed by atoms with Gasteiger partial charge in [0.25, 0.3) is 11.8 Å². The number of carbonyl (C=O) groups excluding carboxylic acids is 2. The van der Waals surface area contributed by atoms with Crippen LogP contribution < -0.4 is 0 Å². The summed E-state index contributed by atoms with van der Waals surface area (Å²) in [5.41, 5.74) is 0.863. The van der Waals surface area contributed by atoms with Crippen LogP contribution in [0.3, 0.4) is 0 Å². The lowest BCUT2D eigenvalue weighted by Crippen LogP contribution is -2.45. The van der Waals surface area contributed by atoms with E-state index in [4.69, 9.17) is 9.84 Å². The number of amides is 2. The molecule has 94 valence electrons. The van der Waals surface area contributed by atoms with Crippen molar-refractivity contribution in [2.75, 3.05) is 13.2 Å². The van der Waals surface area contributed by atoms with Crippen LogP contribution in [-0.2, 0) is 20.9 Å². The Morgan fingerprint density at radius 2 is 1.72 bits per heavy atom. The van der Waals surface area contributed by atoms with Gasteiger partial charge in [-0.15, -0.1) is 0 Å². The molecular weight excluding hydrogens is 238 g/mol. The maximum atomic E-state index is 11.5. The van der Waals surface area contributed by atoms with E-state index < -0.39 is 5.97 Å². The van der Waals surface area contributed by atoms with Crippen LogP contribution in [0.1, 0.15) is 15.9 Å². The van der Waals surface area contributed by atoms with Crippen molar-refractivity contribution in [3.8, 4) is 0 Å². The van der Waals surface area contributed by atoms with Crippen LogP contribution in [-0.4, -0.2) is 41.0 Å². The first-order chi connectivity index (χ1) is 8.58. The van der Waals surface area contributed by atoms with Crippen LogP contribution in [0.5, 0.6) is 0 Å². The SMILES string of the molecule is O=C(O)c1ccc(CN2C(=O)COCC2=O)cc1. The molecule has 0 aromatic heterocycles. The molecule has 0 saturated carbocycles. The second-order valence-corrected chi connectivity index (χ2v) is 3.87. The van der Waals surface area contributed by atoms with Gasteiger partial charge in [0, 0.05) is 0 Å². The molecule has 1 aliphatic heterocycles. The highest BCUT2D eigenvalue weighted by Crippen LogP contribution is 2.10. The number of morpholine rings is 1. The third-order valence-corrected chi connectivity index (χ3v) is 2.59. The normalized spacial score (nSPS) is 15.9. The van der Waals surface area contributed by atoms with E-state index in [0.29, 0.717) is 5.56 Å². The quantitative estimate of drug-likeness (QED) is 0.777. The van der Waals surface area contributed by atoms with Crippen molar-refractivity contribution in [3.05, 3.63) is 35.4 Å². The van der Waals surface area contributed by atoms with Gasteiger partial charge >= 0.3 is 5.97 Å². The van der Waals surface area contributed by atoms with E-state index in [9.17, 15) is 14.4 Å². The molecular formula is C12H11NO5. The number of hydrogen-bond donors (Lipinski definition) is 1. The number of benzene rings is 1. The highest BCUT2D eigenvalue weighted by molar-refractivity contribution is 5.98. The predicted octanol–water partition coefficient (Wildman–Crippen LogP) is 0.270. The highest BCUT2D eigenvalue weighted by atomic mass is 16.5. The number of rotatable bonds is 3. The first-order valence-electron chi connectivity index (χ1n) is 5.31. The molecule has 0 unspecified atom stereocenters. The number of nitrogens with zero attached hydrogens (tertiary/aromatic N) is 1. The second kappa shape index (κ2) is 4.97. The Morgan fingerprint density at radius 1 is 1.17 bits per heavy atom. The van der Waals surface area contributed by atoms with Crippen LogP contribution in [0.15, 0.2) is 24.3 Å². The minimum atomic E-state index is -1.01. The Kier molecular flexibility index (Phi) is 3.38. The Bertz CT molecular complexity index is 478. The maximum absolute atomic E-state index is 11.5. The number of carboxylic acids is 1. The lowest BCUT2D eigenvalue weighted by molar-refractivity contribution is -0.159. The monoisotopic (exact) mass is 249 g/mol. The van der Waals surface area contributed by atoms with Crippen molar-refractivity contribution in [2.45, 2.75) is 6.54 Å². The van der Waals surface area contributed by atoms with E-state index in [1.807, 2.05) is 0 Å². The molecule has 1 aromatic rings. The number of ether oxygens (including phenoxy) is 1. The van der Waals surface area contributed by atoms with Gasteiger partial charge in [-0.25, -0.2) is 4.79 Å². The fraction of sp³-hybridized carbons (Fsp3) is 0.250. The summed E-state index contributed by atoms with van der Waals surface area (Å²) < 4.78 is 4.79. The van der Waals surface area contributed by atoms with E-state index in [-0.39, 0.29) is 37.1 Å². The molecule has 0 spiro atoms. The zero-order valence-corrected chi connectivity index (χ0v) is 9.46. The Hall–Kier alpha value is -2.21. The average molecular weight is 249 g/mol. The summed E-state index contributed by atoms with van der Waals surface area (Å²) in [6.07, 6.45) is 0. The topological polar surface area (TPSA) is 83.9 Å². The van der Waals surface area contributed by atoms with Crippen molar-refractivity contribution in [1.29, 1.82) is 0 Å². The molecule has 1 aromatic carbocycles. The maximum Gasteiger partial charge on any atom is 0.335 e. The van der Waals surface area contributed by atoms with Gasteiger partial charge in [-0.2, -0.15) is 0 Å². The van der Waals surface area contributed by atoms with Crippen LogP contribution >= 0.6 is 0 Å². The van der Waals surface area contributed by atoms with Crippen molar-refractivity contribution in [1.82, 2.24) is 4.90 Å². The Labute approximate surface area is 103 Å². The van der Waals surface area contributed by atoms with Gasteiger partial charge in [-0.1, -0.05) is 12.1 Å². The molecule has 1 aliphatic rings. The summed E-state index contributed by atoms with van der Waals surface area (Å²) in [7, 11) is 0. The molecule has 2 amide bonds. The third kappa shape index (κ3) is 2.54. The summed E-state index contributed by atoms with van der Waals surface area (Å²) in [5.74, 6) is -1.78. The van der Waals surface area contributed by atoms with E-state index in [1.54, 1.807) is 12.1 Å². The largest absolute Gasteiger partial charge is 0.478 e. The van der Waals surface area contributed by atoms with Gasteiger partial charge in [0.2, 0.25) is 0 Å². The van der Waals surface area contributed by atoms with Gasteiger partial charge in [0.15, 0.2) is 0 Å². The molecule has 0 atom stereocenters. The lowest BCUT2D eigenvalue weighted by Gasteiger charge is -2.24. The minimum Gasteiger partial charge on any atom is -0.478 e. The summed E-state index contributed by atoms with van der Waals surface area (Å²) in [4.78, 5) is 34.7.